The maximum atomic E-state index is 11.0. The van der Waals surface area contributed by atoms with Crippen molar-refractivity contribution in [1.29, 1.82) is 0 Å². The van der Waals surface area contributed by atoms with Crippen LogP contribution in [0.15, 0.2) is 0 Å². The van der Waals surface area contributed by atoms with Gasteiger partial charge in [-0.3, -0.25) is 0 Å². The Morgan fingerprint density at radius 1 is 0.457 bits per heavy atom. The molecular weight excluding hydrogens is 636 g/mol. The van der Waals surface area contributed by atoms with Gasteiger partial charge in [0.15, 0.2) is 25.2 Å². The molecule has 0 unspecified atom stereocenters. The van der Waals surface area contributed by atoms with E-state index in [0.717, 1.165) is 0 Å². The van der Waals surface area contributed by atoms with E-state index in [9.17, 15) is 71.5 Å². The Kier molecular flexibility index (Phi) is 13.0. The van der Waals surface area contributed by atoms with Crippen molar-refractivity contribution in [2.45, 2.75) is 136 Å². The molecular formula is C25H44O21. The first kappa shape index (κ1) is 38.0. The van der Waals surface area contributed by atoms with Crippen LogP contribution in [0.2, 0.25) is 0 Å². The molecule has 0 aromatic carbocycles. The molecule has 0 spiro atoms. The van der Waals surface area contributed by atoms with Gasteiger partial charge in [-0.2, -0.15) is 0 Å². The Morgan fingerprint density at radius 2 is 0.891 bits per heavy atom. The number of aliphatic hydroxyl groups is 14. The first-order valence-electron chi connectivity index (χ1n) is 14.6. The number of ether oxygens (including phenoxy) is 7. The SMILES string of the molecule is C[C@H](O)[C@H]1O[C@H](O[C@@H]2[C@@H](O[C@@H]3[C@@H](O[C@@H]4[C@H](O)[C@@H](O)O[C@H](CO)[C@H]4O)O[C@H](CO)[C@@H](O)[C@@H]3O)O[C@H](CO)[C@@H](O)[C@@H]2O)[C@@H](O)[C@@H](O)[C@@H]1O. The van der Waals surface area contributed by atoms with Gasteiger partial charge in [0, 0.05) is 0 Å². The van der Waals surface area contributed by atoms with Gasteiger partial charge in [0.25, 0.3) is 0 Å². The first-order chi connectivity index (χ1) is 21.7. The first-order valence-corrected chi connectivity index (χ1v) is 14.6. The normalized spacial score (nSPS) is 52.8. The number of aliphatic hydroxyl groups excluding tert-OH is 14. The van der Waals surface area contributed by atoms with Gasteiger partial charge in [-0.15, -0.1) is 0 Å². The van der Waals surface area contributed by atoms with Crippen LogP contribution in [0.5, 0.6) is 0 Å². The highest BCUT2D eigenvalue weighted by Crippen LogP contribution is 2.35. The van der Waals surface area contributed by atoms with Crippen molar-refractivity contribution in [2.24, 2.45) is 0 Å². The van der Waals surface area contributed by atoms with E-state index in [1.54, 1.807) is 0 Å². The Hall–Kier alpha value is -0.840. The standard InChI is InChI=1S/C25H44O21/c1-5(29)18-15(36)12(33)16(37)23(43-18)45-20-13(34)9(30)7(3-27)42-25(20)46-21-14(35)10(31)6(2-26)41-24(21)44-19-11(32)8(4-28)40-22(39)17(19)38/h5-39H,2-4H2,1H3/t5-,6+,7+,8+,9+,10+,11+,12-,13-,14-,15-,16-,17-,18+,19-,20-,21-,22-,23+,24+,25+/m0/s1. The lowest BCUT2D eigenvalue weighted by atomic mass is 9.95. The monoisotopic (exact) mass is 680 g/mol. The molecule has 21 atom stereocenters. The van der Waals surface area contributed by atoms with Crippen LogP contribution in [-0.2, 0) is 33.2 Å². The molecule has 4 heterocycles. The fourth-order valence-corrected chi connectivity index (χ4v) is 5.70. The minimum absolute atomic E-state index is 0.828. The van der Waals surface area contributed by atoms with E-state index in [0.29, 0.717) is 0 Å². The van der Waals surface area contributed by atoms with E-state index in [-0.39, 0.29) is 0 Å². The lowest BCUT2D eigenvalue weighted by Crippen LogP contribution is -2.68. The van der Waals surface area contributed by atoms with Crippen molar-refractivity contribution < 1.29 is 105 Å². The van der Waals surface area contributed by atoms with Crippen molar-refractivity contribution in [2.75, 3.05) is 19.8 Å². The van der Waals surface area contributed by atoms with Crippen molar-refractivity contribution >= 4 is 0 Å². The van der Waals surface area contributed by atoms with Gasteiger partial charge >= 0.3 is 0 Å². The number of hydrogen-bond acceptors (Lipinski definition) is 21. The Morgan fingerprint density at radius 3 is 1.35 bits per heavy atom. The molecule has 0 saturated carbocycles. The molecule has 270 valence electrons. The van der Waals surface area contributed by atoms with Gasteiger partial charge in [0.05, 0.1) is 25.9 Å². The molecule has 0 aromatic heterocycles. The minimum atomic E-state index is -2.03. The largest absolute Gasteiger partial charge is 0.394 e. The van der Waals surface area contributed by atoms with Crippen molar-refractivity contribution in [3.63, 3.8) is 0 Å². The van der Waals surface area contributed by atoms with Crippen LogP contribution in [-0.4, -0.2) is 220 Å². The van der Waals surface area contributed by atoms with Gasteiger partial charge in [0.1, 0.15) is 97.7 Å². The Labute approximate surface area is 260 Å². The molecule has 4 fully saturated rings. The second kappa shape index (κ2) is 15.8. The lowest BCUT2D eigenvalue weighted by molar-refractivity contribution is -0.403. The predicted octanol–water partition coefficient (Wildman–Crippen LogP) is -9.36. The maximum Gasteiger partial charge on any atom is 0.187 e. The molecule has 4 aliphatic rings. The third-order valence-corrected chi connectivity index (χ3v) is 8.45. The zero-order valence-electron chi connectivity index (χ0n) is 24.4. The molecule has 21 nitrogen and oxygen atoms in total. The van der Waals surface area contributed by atoms with Crippen molar-refractivity contribution in [3.05, 3.63) is 0 Å². The van der Waals surface area contributed by atoms with Crippen LogP contribution in [0.3, 0.4) is 0 Å². The molecule has 0 amide bonds. The average Bonchev–Trinajstić information content (AvgIpc) is 3.03. The zero-order valence-corrected chi connectivity index (χ0v) is 24.4. The van der Waals surface area contributed by atoms with E-state index in [2.05, 4.69) is 0 Å². The molecule has 0 aliphatic carbocycles. The highest BCUT2D eigenvalue weighted by Gasteiger charge is 2.56. The summed E-state index contributed by atoms with van der Waals surface area (Å²) in [5.74, 6) is 0. The van der Waals surface area contributed by atoms with Gasteiger partial charge < -0.3 is 105 Å². The quantitative estimate of drug-likeness (QED) is 0.102. The van der Waals surface area contributed by atoms with Crippen LogP contribution in [0.4, 0.5) is 0 Å². The van der Waals surface area contributed by atoms with E-state index >= 15 is 0 Å². The summed E-state index contributed by atoms with van der Waals surface area (Å²) in [4.78, 5) is 0. The van der Waals surface area contributed by atoms with E-state index in [1.807, 2.05) is 0 Å². The van der Waals surface area contributed by atoms with Crippen molar-refractivity contribution in [3.8, 4) is 0 Å². The summed E-state index contributed by atoms with van der Waals surface area (Å²) in [6, 6.07) is 0. The van der Waals surface area contributed by atoms with Gasteiger partial charge in [-0.25, -0.2) is 0 Å². The topological polar surface area (TPSA) is 348 Å². The Balaban J connectivity index is 1.63. The summed E-state index contributed by atoms with van der Waals surface area (Å²) in [7, 11) is 0. The summed E-state index contributed by atoms with van der Waals surface area (Å²) < 4.78 is 38.4. The van der Waals surface area contributed by atoms with E-state index in [1.165, 1.54) is 6.92 Å². The fraction of sp³-hybridized carbons (Fsp3) is 1.00. The third-order valence-electron chi connectivity index (χ3n) is 8.45. The van der Waals surface area contributed by atoms with Gasteiger partial charge in [-0.1, -0.05) is 0 Å². The lowest BCUT2D eigenvalue weighted by Gasteiger charge is -2.49. The second-order valence-electron chi connectivity index (χ2n) is 11.6. The fourth-order valence-electron chi connectivity index (χ4n) is 5.70. The van der Waals surface area contributed by atoms with Crippen LogP contribution in [0.1, 0.15) is 6.92 Å². The van der Waals surface area contributed by atoms with E-state index < -0.39 is 149 Å². The summed E-state index contributed by atoms with van der Waals surface area (Å²) in [6.45, 7) is -1.41. The van der Waals surface area contributed by atoms with Crippen LogP contribution in [0, 0.1) is 0 Å². The molecule has 0 radical (unpaired) electrons. The van der Waals surface area contributed by atoms with Crippen LogP contribution >= 0.6 is 0 Å². The molecule has 4 rings (SSSR count). The van der Waals surface area contributed by atoms with Gasteiger partial charge in [0.2, 0.25) is 0 Å². The highest BCUT2D eigenvalue weighted by molar-refractivity contribution is 4.98. The second-order valence-corrected chi connectivity index (χ2v) is 11.6. The smallest absolute Gasteiger partial charge is 0.187 e. The highest BCUT2D eigenvalue weighted by atomic mass is 16.8. The summed E-state index contributed by atoms with van der Waals surface area (Å²) in [6.07, 6.45) is -38.2. The summed E-state index contributed by atoms with van der Waals surface area (Å²) >= 11 is 0. The molecule has 0 aromatic rings. The molecule has 0 bridgehead atoms. The Bertz CT molecular complexity index is 947. The third kappa shape index (κ3) is 7.50. The van der Waals surface area contributed by atoms with Crippen LogP contribution in [0.25, 0.3) is 0 Å². The van der Waals surface area contributed by atoms with Gasteiger partial charge in [-0.05, 0) is 6.92 Å². The van der Waals surface area contributed by atoms with Crippen LogP contribution < -0.4 is 0 Å². The molecule has 21 heteroatoms. The summed E-state index contributed by atoms with van der Waals surface area (Å²) in [5.41, 5.74) is 0. The molecule has 14 N–H and O–H groups in total. The molecule has 4 aliphatic heterocycles. The minimum Gasteiger partial charge on any atom is -0.394 e. The van der Waals surface area contributed by atoms with E-state index in [4.69, 9.17) is 33.2 Å². The predicted molar refractivity (Wildman–Crippen MR) is 138 cm³/mol. The molecule has 4 saturated heterocycles. The number of rotatable bonds is 10. The average molecular weight is 681 g/mol. The van der Waals surface area contributed by atoms with Crippen molar-refractivity contribution in [1.82, 2.24) is 0 Å². The number of hydrogen-bond donors (Lipinski definition) is 14. The maximum absolute atomic E-state index is 11.0. The molecule has 46 heavy (non-hydrogen) atoms. The summed E-state index contributed by atoms with van der Waals surface area (Å²) in [5, 5.41) is 144. The zero-order chi connectivity index (χ0) is 34.2.